The minimum absolute atomic E-state index is 0.375. The van der Waals surface area contributed by atoms with Crippen molar-refractivity contribution in [1.82, 2.24) is 15.2 Å². The first-order valence-electron chi connectivity index (χ1n) is 5.41. The fourth-order valence-electron chi connectivity index (χ4n) is 1.50. The van der Waals surface area contributed by atoms with E-state index in [2.05, 4.69) is 36.4 Å². The van der Waals surface area contributed by atoms with Crippen LogP contribution < -0.4 is 5.32 Å². The van der Waals surface area contributed by atoms with Gasteiger partial charge < -0.3 is 5.32 Å². The van der Waals surface area contributed by atoms with Crippen molar-refractivity contribution in [2.45, 2.75) is 12.6 Å². The highest BCUT2D eigenvalue weighted by atomic mass is 79.9. The lowest BCUT2D eigenvalue weighted by Gasteiger charge is -2.11. The highest BCUT2D eigenvalue weighted by Crippen LogP contribution is 2.33. The van der Waals surface area contributed by atoms with Crippen LogP contribution in [0.4, 0.5) is 18.9 Å². The zero-order valence-corrected chi connectivity index (χ0v) is 11.2. The molecule has 0 spiro atoms. The molecule has 0 aliphatic heterocycles. The lowest BCUT2D eigenvalue weighted by atomic mass is 10.2. The van der Waals surface area contributed by atoms with Crippen LogP contribution in [0.25, 0.3) is 0 Å². The van der Waals surface area contributed by atoms with Crippen LogP contribution >= 0.6 is 15.9 Å². The number of aromatic amines is 1. The first-order valence-corrected chi connectivity index (χ1v) is 6.21. The van der Waals surface area contributed by atoms with Crippen LogP contribution in [-0.4, -0.2) is 21.7 Å². The molecule has 2 N–H and O–H groups in total. The summed E-state index contributed by atoms with van der Waals surface area (Å²) in [5, 5.41) is 9.44. The maximum absolute atomic E-state index is 12.5. The molecule has 4 nitrogen and oxygen atoms in total. The van der Waals surface area contributed by atoms with Crippen LogP contribution in [0.15, 0.2) is 29.0 Å². The topological polar surface area (TPSA) is 53.6 Å². The highest BCUT2D eigenvalue weighted by Gasteiger charge is 2.30. The standard InChI is InChI=1S/C11H10BrF3N4/c12-8-5-7(11(13,14)15)1-2-9(8)16-4-3-10-17-6-18-19-10/h1-2,5-6,16H,3-4H2,(H,17,18,19). The van der Waals surface area contributed by atoms with Gasteiger partial charge in [0.25, 0.3) is 0 Å². The van der Waals surface area contributed by atoms with E-state index in [1.54, 1.807) is 0 Å². The second-order valence-electron chi connectivity index (χ2n) is 3.80. The number of alkyl halides is 3. The van der Waals surface area contributed by atoms with Crippen molar-refractivity contribution >= 4 is 21.6 Å². The molecule has 0 aliphatic carbocycles. The van der Waals surface area contributed by atoms with Crippen molar-refractivity contribution in [3.05, 3.63) is 40.4 Å². The Morgan fingerprint density at radius 3 is 2.68 bits per heavy atom. The zero-order valence-electron chi connectivity index (χ0n) is 9.63. The fraction of sp³-hybridized carbons (Fsp3) is 0.273. The smallest absolute Gasteiger partial charge is 0.384 e. The highest BCUT2D eigenvalue weighted by molar-refractivity contribution is 9.10. The number of H-pyrrole nitrogens is 1. The number of benzene rings is 1. The van der Waals surface area contributed by atoms with E-state index in [9.17, 15) is 13.2 Å². The average molecular weight is 335 g/mol. The minimum atomic E-state index is -4.33. The monoisotopic (exact) mass is 334 g/mol. The van der Waals surface area contributed by atoms with Crippen LogP contribution in [0.1, 0.15) is 11.4 Å². The fourth-order valence-corrected chi connectivity index (χ4v) is 2.02. The summed E-state index contributed by atoms with van der Waals surface area (Å²) in [5.74, 6) is 0.718. The van der Waals surface area contributed by atoms with Gasteiger partial charge in [-0.25, -0.2) is 4.98 Å². The van der Waals surface area contributed by atoms with Crippen molar-refractivity contribution in [3.63, 3.8) is 0 Å². The normalized spacial score (nSPS) is 11.6. The number of nitrogens with zero attached hydrogens (tertiary/aromatic N) is 2. The Labute approximate surface area is 115 Å². The molecule has 1 aromatic carbocycles. The van der Waals surface area contributed by atoms with Gasteiger partial charge in [0.05, 0.1) is 5.56 Å². The quantitative estimate of drug-likeness (QED) is 0.902. The Morgan fingerprint density at radius 1 is 1.32 bits per heavy atom. The maximum Gasteiger partial charge on any atom is 0.416 e. The van der Waals surface area contributed by atoms with E-state index >= 15 is 0 Å². The third-order valence-electron chi connectivity index (χ3n) is 2.44. The van der Waals surface area contributed by atoms with Crippen molar-refractivity contribution in [2.75, 3.05) is 11.9 Å². The van der Waals surface area contributed by atoms with Crippen molar-refractivity contribution in [2.24, 2.45) is 0 Å². The molecule has 102 valence electrons. The van der Waals surface area contributed by atoms with Gasteiger partial charge >= 0.3 is 6.18 Å². The summed E-state index contributed by atoms with van der Waals surface area (Å²) in [4.78, 5) is 3.95. The van der Waals surface area contributed by atoms with E-state index in [0.717, 1.165) is 18.0 Å². The SMILES string of the molecule is FC(F)(F)c1ccc(NCCc2ncn[nH]2)c(Br)c1. The molecule has 1 aromatic heterocycles. The van der Waals surface area contributed by atoms with Gasteiger partial charge in [-0.3, -0.25) is 5.10 Å². The number of hydrogen-bond donors (Lipinski definition) is 2. The molecule has 8 heteroatoms. The number of rotatable bonds is 4. The van der Waals surface area contributed by atoms with Gasteiger partial charge in [-0.15, -0.1) is 0 Å². The average Bonchev–Trinajstić information content (AvgIpc) is 2.83. The van der Waals surface area contributed by atoms with E-state index in [4.69, 9.17) is 0 Å². The lowest BCUT2D eigenvalue weighted by molar-refractivity contribution is -0.137. The Morgan fingerprint density at radius 2 is 2.11 bits per heavy atom. The van der Waals surface area contributed by atoms with Gasteiger partial charge in [0.15, 0.2) is 0 Å². The van der Waals surface area contributed by atoms with Gasteiger partial charge in [-0.1, -0.05) is 0 Å². The van der Waals surface area contributed by atoms with Gasteiger partial charge in [0, 0.05) is 23.1 Å². The first kappa shape index (κ1) is 13.9. The minimum Gasteiger partial charge on any atom is -0.384 e. The molecule has 0 bridgehead atoms. The maximum atomic E-state index is 12.5. The third-order valence-corrected chi connectivity index (χ3v) is 3.09. The van der Waals surface area contributed by atoms with Gasteiger partial charge in [-0.05, 0) is 34.1 Å². The first-order chi connectivity index (χ1) is 8.97. The molecule has 0 fully saturated rings. The Balaban J connectivity index is 1.97. The van der Waals surface area contributed by atoms with E-state index in [-0.39, 0.29) is 0 Å². The Kier molecular flexibility index (Phi) is 4.08. The summed E-state index contributed by atoms with van der Waals surface area (Å²) in [5.41, 5.74) is -0.0762. The van der Waals surface area contributed by atoms with Gasteiger partial charge in [0.2, 0.25) is 0 Å². The summed E-state index contributed by atoms with van der Waals surface area (Å²) in [7, 11) is 0. The zero-order chi connectivity index (χ0) is 13.9. The molecule has 0 saturated heterocycles. The lowest BCUT2D eigenvalue weighted by Crippen LogP contribution is -2.08. The number of hydrogen-bond acceptors (Lipinski definition) is 3. The predicted octanol–water partition coefficient (Wildman–Crippen LogP) is 3.24. The molecule has 0 radical (unpaired) electrons. The Bertz CT molecular complexity index is 539. The molecule has 2 rings (SSSR count). The molecule has 0 amide bonds. The van der Waals surface area contributed by atoms with E-state index < -0.39 is 11.7 Å². The van der Waals surface area contributed by atoms with Gasteiger partial charge in [-0.2, -0.15) is 18.3 Å². The van der Waals surface area contributed by atoms with Crippen LogP contribution in [0, 0.1) is 0 Å². The molecular formula is C11H10BrF3N4. The number of aromatic nitrogens is 3. The number of nitrogens with one attached hydrogen (secondary N) is 2. The summed E-state index contributed by atoms with van der Waals surface area (Å²) in [6.07, 6.45) is -2.32. The molecule has 1 heterocycles. The molecule has 0 unspecified atom stereocenters. The van der Waals surface area contributed by atoms with Crippen LogP contribution in [0.5, 0.6) is 0 Å². The van der Waals surface area contributed by atoms with Crippen LogP contribution in [0.3, 0.4) is 0 Å². The van der Waals surface area contributed by atoms with Crippen LogP contribution in [-0.2, 0) is 12.6 Å². The largest absolute Gasteiger partial charge is 0.416 e. The number of halogens is 4. The van der Waals surface area contributed by atoms with Gasteiger partial charge in [0.1, 0.15) is 12.2 Å². The predicted molar refractivity (Wildman–Crippen MR) is 67.7 cm³/mol. The van der Waals surface area contributed by atoms with Crippen molar-refractivity contribution in [1.29, 1.82) is 0 Å². The molecule has 0 saturated carbocycles. The molecular weight excluding hydrogens is 325 g/mol. The summed E-state index contributed by atoms with van der Waals surface area (Å²) in [6.45, 7) is 0.541. The van der Waals surface area contributed by atoms with Crippen molar-refractivity contribution < 1.29 is 13.2 Å². The van der Waals surface area contributed by atoms with Crippen LogP contribution in [0.2, 0.25) is 0 Å². The summed E-state index contributed by atoms with van der Waals surface area (Å²) >= 11 is 3.12. The molecule has 0 aliphatic rings. The molecule has 19 heavy (non-hydrogen) atoms. The summed E-state index contributed by atoms with van der Waals surface area (Å²) < 4.78 is 37.8. The second-order valence-corrected chi connectivity index (χ2v) is 4.66. The van der Waals surface area contributed by atoms with E-state index in [1.165, 1.54) is 12.4 Å². The molecule has 0 atom stereocenters. The third kappa shape index (κ3) is 3.69. The number of anilines is 1. The summed E-state index contributed by atoms with van der Waals surface area (Å²) in [6, 6.07) is 3.49. The molecule has 2 aromatic rings. The second kappa shape index (κ2) is 5.60. The van der Waals surface area contributed by atoms with E-state index in [0.29, 0.717) is 23.1 Å². The Hall–Kier alpha value is -1.57. The van der Waals surface area contributed by atoms with E-state index in [1.807, 2.05) is 0 Å². The van der Waals surface area contributed by atoms with Crippen molar-refractivity contribution in [3.8, 4) is 0 Å².